The van der Waals surface area contributed by atoms with E-state index in [4.69, 9.17) is 12.8 Å². The molecule has 0 fully saturated rings. The fraction of sp³-hybridized carbons (Fsp3) is 0.111. The maximum absolute atomic E-state index is 9.16. The highest BCUT2D eigenvalue weighted by molar-refractivity contribution is 8.31. The SMILES string of the molecule is Cc1nnc(-c2ccccc2)o1.O=S(=O)(Cl)Cl. The van der Waals surface area contributed by atoms with E-state index in [1.54, 1.807) is 6.92 Å². The molecule has 0 aliphatic carbocycles. The third-order valence-electron chi connectivity index (χ3n) is 1.55. The van der Waals surface area contributed by atoms with Gasteiger partial charge in [-0.2, -0.15) is 8.42 Å². The summed E-state index contributed by atoms with van der Waals surface area (Å²) in [5.41, 5.74) is 0.957. The number of aromatic nitrogens is 2. The van der Waals surface area contributed by atoms with Crippen LogP contribution in [0.15, 0.2) is 34.7 Å². The van der Waals surface area contributed by atoms with E-state index in [0.717, 1.165) is 5.56 Å². The van der Waals surface area contributed by atoms with Crippen molar-refractivity contribution in [1.29, 1.82) is 0 Å². The van der Waals surface area contributed by atoms with Crippen LogP contribution in [0.1, 0.15) is 5.89 Å². The molecule has 0 aliphatic rings. The molecule has 17 heavy (non-hydrogen) atoms. The summed E-state index contributed by atoms with van der Waals surface area (Å²) in [4.78, 5) is 0. The van der Waals surface area contributed by atoms with Gasteiger partial charge in [-0.25, -0.2) is 0 Å². The van der Waals surface area contributed by atoms with Crippen LogP contribution < -0.4 is 0 Å². The number of aryl methyl sites for hydroxylation is 1. The molecule has 2 rings (SSSR count). The first-order chi connectivity index (χ1) is 7.86. The average molecular weight is 295 g/mol. The molecule has 1 heterocycles. The summed E-state index contributed by atoms with van der Waals surface area (Å²) in [6.07, 6.45) is 0. The van der Waals surface area contributed by atoms with Gasteiger partial charge in [0, 0.05) is 33.9 Å². The Morgan fingerprint density at radius 1 is 1.12 bits per heavy atom. The summed E-state index contributed by atoms with van der Waals surface area (Å²) in [5, 5.41) is 7.65. The third-order valence-corrected chi connectivity index (χ3v) is 1.55. The van der Waals surface area contributed by atoms with Gasteiger partial charge in [-0.1, -0.05) is 18.2 Å². The van der Waals surface area contributed by atoms with Crippen molar-refractivity contribution in [2.24, 2.45) is 0 Å². The molecular weight excluding hydrogens is 287 g/mol. The van der Waals surface area contributed by atoms with E-state index >= 15 is 0 Å². The minimum absolute atomic E-state index is 0.577. The number of hydrogen-bond donors (Lipinski definition) is 0. The van der Waals surface area contributed by atoms with Gasteiger partial charge in [-0.3, -0.25) is 0 Å². The summed E-state index contributed by atoms with van der Waals surface area (Å²) in [5.74, 6) is 1.17. The first-order valence-electron chi connectivity index (χ1n) is 4.36. The first kappa shape index (κ1) is 14.0. The second-order valence-corrected chi connectivity index (χ2v) is 6.54. The van der Waals surface area contributed by atoms with E-state index < -0.39 is 8.26 Å². The predicted molar refractivity (Wildman–Crippen MR) is 65.1 cm³/mol. The van der Waals surface area contributed by atoms with Crippen LogP contribution >= 0.6 is 21.4 Å². The van der Waals surface area contributed by atoms with Gasteiger partial charge in [-0.05, 0) is 12.1 Å². The smallest absolute Gasteiger partial charge is 0.317 e. The van der Waals surface area contributed by atoms with Gasteiger partial charge in [0.1, 0.15) is 0 Å². The Hall–Kier alpha value is -1.11. The van der Waals surface area contributed by atoms with Crippen molar-refractivity contribution in [3.8, 4) is 11.5 Å². The molecule has 1 aromatic carbocycles. The summed E-state index contributed by atoms with van der Waals surface area (Å²) in [7, 11) is 4.81. The highest BCUT2D eigenvalue weighted by Crippen LogP contribution is 2.15. The Kier molecular flexibility index (Phi) is 4.92. The van der Waals surface area contributed by atoms with E-state index in [1.165, 1.54) is 0 Å². The summed E-state index contributed by atoms with van der Waals surface area (Å²) in [6.45, 7) is 1.78. The summed E-state index contributed by atoms with van der Waals surface area (Å²) >= 11 is 0. The Balaban J connectivity index is 0.000000249. The molecule has 0 unspecified atom stereocenters. The molecule has 0 saturated carbocycles. The highest BCUT2D eigenvalue weighted by atomic mass is 36.0. The zero-order chi connectivity index (χ0) is 12.9. The van der Waals surface area contributed by atoms with E-state index in [1.807, 2.05) is 30.3 Å². The maximum atomic E-state index is 9.16. The topological polar surface area (TPSA) is 73.1 Å². The van der Waals surface area contributed by atoms with Gasteiger partial charge in [-0.15, -0.1) is 10.2 Å². The lowest BCUT2D eigenvalue weighted by atomic mass is 10.2. The molecule has 0 radical (unpaired) electrons. The molecule has 0 amide bonds. The summed E-state index contributed by atoms with van der Waals surface area (Å²) in [6, 6.07) is 9.70. The average Bonchev–Trinajstić information content (AvgIpc) is 2.64. The van der Waals surface area contributed by atoms with Crippen molar-refractivity contribution < 1.29 is 12.8 Å². The fourth-order valence-corrected chi connectivity index (χ4v) is 0.994. The minimum atomic E-state index is -3.72. The molecule has 1 aromatic heterocycles. The van der Waals surface area contributed by atoms with Crippen molar-refractivity contribution >= 4 is 29.6 Å². The van der Waals surface area contributed by atoms with E-state index in [2.05, 4.69) is 31.6 Å². The Bertz CT molecular complexity index is 561. The van der Waals surface area contributed by atoms with Crippen molar-refractivity contribution in [3.63, 3.8) is 0 Å². The predicted octanol–water partition coefficient (Wildman–Crippen LogP) is 2.75. The van der Waals surface area contributed by atoms with Gasteiger partial charge < -0.3 is 4.42 Å². The molecule has 0 bridgehead atoms. The van der Waals surface area contributed by atoms with Crippen LogP contribution in [0, 0.1) is 6.92 Å². The second kappa shape index (κ2) is 6.00. The largest absolute Gasteiger partial charge is 0.421 e. The van der Waals surface area contributed by atoms with E-state index in [-0.39, 0.29) is 0 Å². The molecule has 92 valence electrons. The molecule has 0 N–H and O–H groups in total. The Morgan fingerprint density at radius 3 is 2.06 bits per heavy atom. The van der Waals surface area contributed by atoms with E-state index in [9.17, 15) is 0 Å². The van der Waals surface area contributed by atoms with Gasteiger partial charge in [0.15, 0.2) is 0 Å². The number of nitrogens with zero attached hydrogens (tertiary/aromatic N) is 2. The molecule has 0 saturated heterocycles. The molecule has 0 spiro atoms. The van der Waals surface area contributed by atoms with Crippen LogP contribution in [0.5, 0.6) is 0 Å². The van der Waals surface area contributed by atoms with Crippen LogP contribution in [0.2, 0.25) is 0 Å². The zero-order valence-corrected chi connectivity index (χ0v) is 11.0. The number of halogens is 2. The Morgan fingerprint density at radius 2 is 1.65 bits per heavy atom. The van der Waals surface area contributed by atoms with Gasteiger partial charge >= 0.3 is 8.26 Å². The first-order valence-corrected chi connectivity index (χ1v) is 7.49. The normalized spacial score (nSPS) is 10.5. The third kappa shape index (κ3) is 6.25. The quantitative estimate of drug-likeness (QED) is 0.756. The fourth-order valence-electron chi connectivity index (χ4n) is 0.994. The van der Waals surface area contributed by atoms with E-state index in [0.29, 0.717) is 11.8 Å². The Labute approximate surface area is 107 Å². The van der Waals surface area contributed by atoms with Crippen LogP contribution in [0.25, 0.3) is 11.5 Å². The van der Waals surface area contributed by atoms with Crippen LogP contribution in [0.3, 0.4) is 0 Å². The van der Waals surface area contributed by atoms with Crippen molar-refractivity contribution in [2.75, 3.05) is 0 Å². The second-order valence-electron chi connectivity index (χ2n) is 2.87. The zero-order valence-electron chi connectivity index (χ0n) is 8.67. The molecule has 2 aromatic rings. The molecule has 5 nitrogen and oxygen atoms in total. The number of rotatable bonds is 1. The van der Waals surface area contributed by atoms with Crippen molar-refractivity contribution in [1.82, 2.24) is 10.2 Å². The lowest BCUT2D eigenvalue weighted by Gasteiger charge is -1.90. The van der Waals surface area contributed by atoms with Gasteiger partial charge in [0.2, 0.25) is 11.8 Å². The van der Waals surface area contributed by atoms with Crippen molar-refractivity contribution in [2.45, 2.75) is 6.92 Å². The molecule has 0 aliphatic heterocycles. The minimum Gasteiger partial charge on any atom is -0.421 e. The summed E-state index contributed by atoms with van der Waals surface area (Å²) < 4.78 is 23.6. The lowest BCUT2D eigenvalue weighted by Crippen LogP contribution is -1.75. The monoisotopic (exact) mass is 294 g/mol. The highest BCUT2D eigenvalue weighted by Gasteiger charge is 2.02. The molecule has 8 heteroatoms. The van der Waals surface area contributed by atoms with Gasteiger partial charge in [0.05, 0.1) is 0 Å². The lowest BCUT2D eigenvalue weighted by molar-refractivity contribution is 0.533. The van der Waals surface area contributed by atoms with Gasteiger partial charge in [0.25, 0.3) is 0 Å². The standard InChI is InChI=1S/C9H8N2O.Cl2O2S/c1-7-10-11-9(12-7)8-5-3-2-4-6-8;1-5(2,3)4/h2-6H,1H3;. The van der Waals surface area contributed by atoms with Crippen LogP contribution in [0.4, 0.5) is 0 Å². The number of benzene rings is 1. The molecular formula is C9H8Cl2N2O3S. The number of hydrogen-bond acceptors (Lipinski definition) is 5. The molecule has 0 atom stereocenters. The van der Waals surface area contributed by atoms with Crippen molar-refractivity contribution in [3.05, 3.63) is 36.2 Å². The van der Waals surface area contributed by atoms with Crippen LogP contribution in [-0.2, 0) is 8.26 Å². The van der Waals surface area contributed by atoms with Crippen LogP contribution in [-0.4, -0.2) is 18.6 Å². The maximum Gasteiger partial charge on any atom is 0.317 e.